The maximum atomic E-state index is 13.1. The number of oxazole rings is 1. The molecule has 0 atom stereocenters. The number of ether oxygens (including phenoxy) is 1. The Morgan fingerprint density at radius 3 is 2.29 bits per heavy atom. The van der Waals surface area contributed by atoms with Crippen LogP contribution in [-0.2, 0) is 12.8 Å². The predicted octanol–water partition coefficient (Wildman–Crippen LogP) is 5.59. The van der Waals surface area contributed by atoms with Gasteiger partial charge in [0.1, 0.15) is 6.61 Å². The first-order chi connectivity index (χ1) is 11.4. The van der Waals surface area contributed by atoms with E-state index in [9.17, 15) is 13.2 Å². The number of nitrogens with zero attached hydrogens (tertiary/aromatic N) is 1. The molecule has 24 heavy (non-hydrogen) atoms. The van der Waals surface area contributed by atoms with Crippen molar-refractivity contribution < 1.29 is 22.3 Å². The van der Waals surface area contributed by atoms with Crippen LogP contribution in [0.15, 0.2) is 59.0 Å². The Bertz CT molecular complexity index is 814. The van der Waals surface area contributed by atoms with Gasteiger partial charge in [0.2, 0.25) is 11.6 Å². The fourth-order valence-corrected chi connectivity index (χ4v) is 2.14. The molecule has 0 unspecified atom stereocenters. The molecule has 0 spiro atoms. The van der Waals surface area contributed by atoms with Crippen molar-refractivity contribution in [2.75, 3.05) is 0 Å². The van der Waals surface area contributed by atoms with Crippen molar-refractivity contribution in [3.05, 3.63) is 70.9 Å². The Balaban J connectivity index is 1.88. The summed E-state index contributed by atoms with van der Waals surface area (Å²) in [6.45, 7) is -0.0936. The summed E-state index contributed by atoms with van der Waals surface area (Å²) >= 11 is 5.77. The van der Waals surface area contributed by atoms with Gasteiger partial charge in [-0.05, 0) is 29.8 Å². The number of benzene rings is 2. The highest BCUT2D eigenvalue weighted by molar-refractivity contribution is 6.30. The molecule has 0 aliphatic carbocycles. The van der Waals surface area contributed by atoms with Crippen molar-refractivity contribution >= 4 is 11.6 Å². The quantitative estimate of drug-likeness (QED) is 0.613. The highest BCUT2D eigenvalue weighted by atomic mass is 35.5. The maximum Gasteiger partial charge on any atom is 0.440 e. The lowest BCUT2D eigenvalue weighted by Gasteiger charge is -2.06. The minimum atomic E-state index is -4.67. The normalized spacial score (nSPS) is 11.5. The zero-order valence-corrected chi connectivity index (χ0v) is 12.9. The molecule has 2 aromatic carbocycles. The Morgan fingerprint density at radius 1 is 1.00 bits per heavy atom. The van der Waals surface area contributed by atoms with Crippen LogP contribution in [0, 0.1) is 0 Å². The molecule has 0 N–H and O–H groups in total. The summed E-state index contributed by atoms with van der Waals surface area (Å²) in [4.78, 5) is 3.54. The largest absolute Gasteiger partial charge is 0.459 e. The molecule has 3 rings (SSSR count). The molecule has 0 amide bonds. The molecule has 0 saturated carbocycles. The second kappa shape index (κ2) is 6.57. The van der Waals surface area contributed by atoms with Crippen LogP contribution in [0.2, 0.25) is 5.02 Å². The van der Waals surface area contributed by atoms with Crippen LogP contribution in [0.25, 0.3) is 11.5 Å². The van der Waals surface area contributed by atoms with Crippen molar-refractivity contribution in [3.8, 4) is 17.4 Å². The second-order valence-corrected chi connectivity index (χ2v) is 5.37. The molecule has 0 aliphatic rings. The smallest absolute Gasteiger partial charge is 0.440 e. The zero-order valence-electron chi connectivity index (χ0n) is 12.2. The number of hydrogen-bond donors (Lipinski definition) is 0. The Labute approximate surface area is 140 Å². The molecule has 0 fully saturated rings. The van der Waals surface area contributed by atoms with Gasteiger partial charge in [-0.1, -0.05) is 41.9 Å². The first-order valence-electron chi connectivity index (χ1n) is 6.94. The summed E-state index contributed by atoms with van der Waals surface area (Å²) in [5.74, 6) is -0.801. The lowest BCUT2D eigenvalue weighted by atomic mass is 10.2. The van der Waals surface area contributed by atoms with E-state index < -0.39 is 17.8 Å². The van der Waals surface area contributed by atoms with Crippen molar-refractivity contribution in [1.82, 2.24) is 4.98 Å². The number of hydrogen-bond acceptors (Lipinski definition) is 3. The van der Waals surface area contributed by atoms with E-state index in [2.05, 4.69) is 4.98 Å². The van der Waals surface area contributed by atoms with Crippen LogP contribution in [0.3, 0.4) is 0 Å². The molecule has 3 aromatic rings. The fourth-order valence-electron chi connectivity index (χ4n) is 2.02. The van der Waals surface area contributed by atoms with E-state index in [0.29, 0.717) is 16.1 Å². The number of alkyl halides is 3. The van der Waals surface area contributed by atoms with E-state index in [4.69, 9.17) is 20.8 Å². The molecule has 1 heterocycles. The summed E-state index contributed by atoms with van der Waals surface area (Å²) in [6.07, 6.45) is -4.67. The average Bonchev–Trinajstić information content (AvgIpc) is 3.00. The molecule has 3 nitrogen and oxygen atoms in total. The Morgan fingerprint density at radius 2 is 1.67 bits per heavy atom. The van der Waals surface area contributed by atoms with Crippen molar-refractivity contribution in [3.63, 3.8) is 0 Å². The highest BCUT2D eigenvalue weighted by Crippen LogP contribution is 2.38. The number of halogens is 4. The molecular weight excluding hydrogens is 343 g/mol. The topological polar surface area (TPSA) is 35.3 Å². The lowest BCUT2D eigenvalue weighted by molar-refractivity contribution is -0.143. The Kier molecular flexibility index (Phi) is 4.49. The van der Waals surface area contributed by atoms with Crippen LogP contribution < -0.4 is 4.74 Å². The molecule has 0 saturated heterocycles. The minimum Gasteiger partial charge on any atom is -0.459 e. The van der Waals surface area contributed by atoms with Gasteiger partial charge in [-0.3, -0.25) is 0 Å². The summed E-state index contributed by atoms with van der Waals surface area (Å²) < 4.78 is 49.8. The average molecular weight is 354 g/mol. The third kappa shape index (κ3) is 3.71. The van der Waals surface area contributed by atoms with Gasteiger partial charge in [-0.25, -0.2) is 4.98 Å². The first-order valence-corrected chi connectivity index (χ1v) is 7.32. The van der Waals surface area contributed by atoms with Crippen LogP contribution >= 0.6 is 11.6 Å². The zero-order chi connectivity index (χ0) is 17.2. The SMILES string of the molecule is FC(F)(F)c1nc(-c2ccccc2)oc1OCc1ccc(Cl)cc1. The molecule has 124 valence electrons. The van der Waals surface area contributed by atoms with Gasteiger partial charge in [0.15, 0.2) is 0 Å². The molecule has 1 aromatic heterocycles. The van der Waals surface area contributed by atoms with Crippen molar-refractivity contribution in [1.29, 1.82) is 0 Å². The summed E-state index contributed by atoms with van der Waals surface area (Å²) in [7, 11) is 0. The summed E-state index contributed by atoms with van der Waals surface area (Å²) in [5, 5.41) is 0.528. The van der Waals surface area contributed by atoms with Gasteiger partial charge in [-0.2, -0.15) is 13.2 Å². The van der Waals surface area contributed by atoms with E-state index in [1.165, 1.54) is 0 Å². The van der Waals surface area contributed by atoms with Gasteiger partial charge < -0.3 is 9.15 Å². The highest BCUT2D eigenvalue weighted by Gasteiger charge is 2.40. The fraction of sp³-hybridized carbons (Fsp3) is 0.118. The number of rotatable bonds is 4. The third-order valence-electron chi connectivity index (χ3n) is 3.17. The van der Waals surface area contributed by atoms with E-state index in [1.807, 2.05) is 0 Å². The molecule has 0 bridgehead atoms. The standard InChI is InChI=1S/C17H11ClF3NO2/c18-13-8-6-11(7-9-13)10-23-16-14(17(19,20)21)22-15(24-16)12-4-2-1-3-5-12/h1-9H,10H2. The van der Waals surface area contributed by atoms with Gasteiger partial charge in [0.25, 0.3) is 0 Å². The third-order valence-corrected chi connectivity index (χ3v) is 3.42. The monoisotopic (exact) mass is 353 g/mol. The summed E-state index contributed by atoms with van der Waals surface area (Å²) in [6, 6.07) is 14.9. The lowest BCUT2D eigenvalue weighted by Crippen LogP contribution is -2.08. The van der Waals surface area contributed by atoms with Gasteiger partial charge in [0, 0.05) is 10.6 Å². The molecule has 0 aliphatic heterocycles. The predicted molar refractivity (Wildman–Crippen MR) is 82.7 cm³/mol. The molecular formula is C17H11ClF3NO2. The van der Waals surface area contributed by atoms with Crippen molar-refractivity contribution in [2.24, 2.45) is 0 Å². The van der Waals surface area contributed by atoms with E-state index >= 15 is 0 Å². The van der Waals surface area contributed by atoms with Crippen LogP contribution in [-0.4, -0.2) is 4.98 Å². The molecule has 7 heteroatoms. The van der Waals surface area contributed by atoms with Gasteiger partial charge >= 0.3 is 12.1 Å². The van der Waals surface area contributed by atoms with Crippen LogP contribution in [0.4, 0.5) is 13.2 Å². The second-order valence-electron chi connectivity index (χ2n) is 4.93. The molecule has 0 radical (unpaired) electrons. The van der Waals surface area contributed by atoms with E-state index in [-0.39, 0.29) is 12.5 Å². The van der Waals surface area contributed by atoms with Crippen LogP contribution in [0.5, 0.6) is 5.95 Å². The van der Waals surface area contributed by atoms with E-state index in [0.717, 1.165) is 0 Å². The van der Waals surface area contributed by atoms with E-state index in [1.54, 1.807) is 54.6 Å². The van der Waals surface area contributed by atoms with Crippen LogP contribution in [0.1, 0.15) is 11.3 Å². The van der Waals surface area contributed by atoms with Crippen molar-refractivity contribution in [2.45, 2.75) is 12.8 Å². The maximum absolute atomic E-state index is 13.1. The summed E-state index contributed by atoms with van der Waals surface area (Å²) in [5.41, 5.74) is -0.0927. The minimum absolute atomic E-state index is 0.0936. The van der Waals surface area contributed by atoms with Gasteiger partial charge in [0.05, 0.1) is 0 Å². The van der Waals surface area contributed by atoms with Gasteiger partial charge in [-0.15, -0.1) is 0 Å². The number of aromatic nitrogens is 1. The first kappa shape index (κ1) is 16.4. The Hall–Kier alpha value is -2.47.